The molecule has 1 aromatic carbocycles. The maximum absolute atomic E-state index is 12.9. The fourth-order valence-electron chi connectivity index (χ4n) is 5.49. The van der Waals surface area contributed by atoms with Gasteiger partial charge in [0.1, 0.15) is 0 Å². The Morgan fingerprint density at radius 1 is 1.15 bits per heavy atom. The number of hydrogen-bond acceptors (Lipinski definition) is 5. The molecule has 3 aromatic rings. The number of amides is 1. The number of rotatable bonds is 6. The molecule has 0 unspecified atom stereocenters. The number of benzene rings is 1. The van der Waals surface area contributed by atoms with Gasteiger partial charge in [-0.2, -0.15) is 0 Å². The third kappa shape index (κ3) is 4.50. The summed E-state index contributed by atoms with van der Waals surface area (Å²) in [6.45, 7) is 2.21. The summed E-state index contributed by atoms with van der Waals surface area (Å²) in [5.41, 5.74) is 4.71. The molecule has 172 valence electrons. The average molecular weight is 444 g/mol. The van der Waals surface area contributed by atoms with E-state index >= 15 is 0 Å². The SMILES string of the molecule is CN1CCC[C@H]1C(=O)NCc1c(CN(C)[C@H]2CCCc3cccnc32)ncc2ccccc12. The van der Waals surface area contributed by atoms with Crippen molar-refractivity contribution in [1.82, 2.24) is 25.1 Å². The molecule has 1 saturated heterocycles. The summed E-state index contributed by atoms with van der Waals surface area (Å²) in [6, 6.07) is 12.8. The van der Waals surface area contributed by atoms with E-state index in [1.807, 2.05) is 31.6 Å². The number of pyridine rings is 2. The van der Waals surface area contributed by atoms with Gasteiger partial charge in [0, 0.05) is 36.4 Å². The van der Waals surface area contributed by atoms with E-state index < -0.39 is 0 Å². The number of aryl methyl sites for hydroxylation is 1. The Labute approximate surface area is 196 Å². The van der Waals surface area contributed by atoms with Crippen molar-refractivity contribution in [3.63, 3.8) is 0 Å². The lowest BCUT2D eigenvalue weighted by molar-refractivity contribution is -0.125. The predicted octanol–water partition coefficient (Wildman–Crippen LogP) is 3.85. The van der Waals surface area contributed by atoms with E-state index in [0.29, 0.717) is 6.54 Å². The van der Waals surface area contributed by atoms with Crippen molar-refractivity contribution >= 4 is 16.7 Å². The number of hydrogen-bond donors (Lipinski definition) is 1. The van der Waals surface area contributed by atoms with Crippen LogP contribution in [0.1, 0.15) is 54.2 Å². The molecule has 1 aliphatic heterocycles. The van der Waals surface area contributed by atoms with Crippen LogP contribution < -0.4 is 5.32 Å². The number of aromatic nitrogens is 2. The van der Waals surface area contributed by atoms with E-state index in [0.717, 1.165) is 60.8 Å². The van der Waals surface area contributed by atoms with Crippen molar-refractivity contribution in [3.8, 4) is 0 Å². The van der Waals surface area contributed by atoms with Crippen LogP contribution in [0.2, 0.25) is 0 Å². The monoisotopic (exact) mass is 443 g/mol. The quantitative estimate of drug-likeness (QED) is 0.627. The topological polar surface area (TPSA) is 61.4 Å². The molecule has 33 heavy (non-hydrogen) atoms. The zero-order valence-electron chi connectivity index (χ0n) is 19.6. The Kier molecular flexibility index (Phi) is 6.38. The van der Waals surface area contributed by atoms with E-state index in [1.54, 1.807) is 0 Å². The molecule has 0 saturated carbocycles. The first-order chi connectivity index (χ1) is 16.1. The molecule has 1 fully saturated rings. The molecule has 1 N–H and O–H groups in total. The van der Waals surface area contributed by atoms with E-state index in [-0.39, 0.29) is 18.0 Å². The second-order valence-electron chi connectivity index (χ2n) is 9.50. The minimum atomic E-state index is -0.0242. The van der Waals surface area contributed by atoms with Gasteiger partial charge >= 0.3 is 0 Å². The Morgan fingerprint density at radius 2 is 2.03 bits per heavy atom. The smallest absolute Gasteiger partial charge is 0.237 e. The van der Waals surface area contributed by atoms with Crippen LogP contribution in [0, 0.1) is 0 Å². The van der Waals surface area contributed by atoms with Gasteiger partial charge in [0.15, 0.2) is 0 Å². The summed E-state index contributed by atoms with van der Waals surface area (Å²) in [6.07, 6.45) is 9.26. The lowest BCUT2D eigenvalue weighted by Gasteiger charge is -2.32. The number of nitrogens with zero attached hydrogens (tertiary/aromatic N) is 4. The van der Waals surface area contributed by atoms with E-state index in [1.165, 1.54) is 17.7 Å². The minimum Gasteiger partial charge on any atom is -0.351 e. The molecule has 2 aromatic heterocycles. The molecule has 0 spiro atoms. The molecule has 5 rings (SSSR count). The second-order valence-corrected chi connectivity index (χ2v) is 9.50. The van der Waals surface area contributed by atoms with Gasteiger partial charge in [-0.05, 0) is 69.8 Å². The van der Waals surface area contributed by atoms with Gasteiger partial charge in [-0.25, -0.2) is 0 Å². The molecule has 2 atom stereocenters. The maximum atomic E-state index is 12.9. The molecule has 0 bridgehead atoms. The highest BCUT2D eigenvalue weighted by Crippen LogP contribution is 2.33. The van der Waals surface area contributed by atoms with Crippen LogP contribution in [0.15, 0.2) is 48.8 Å². The maximum Gasteiger partial charge on any atom is 0.237 e. The summed E-state index contributed by atoms with van der Waals surface area (Å²) in [5, 5.41) is 5.49. The lowest BCUT2D eigenvalue weighted by atomic mass is 9.91. The van der Waals surface area contributed by atoms with Crippen LogP contribution in [-0.2, 0) is 24.3 Å². The zero-order valence-corrected chi connectivity index (χ0v) is 19.6. The van der Waals surface area contributed by atoms with Gasteiger partial charge in [0.05, 0.1) is 23.5 Å². The molecule has 2 aliphatic rings. The zero-order chi connectivity index (χ0) is 22.8. The van der Waals surface area contributed by atoms with Gasteiger partial charge in [-0.1, -0.05) is 30.3 Å². The normalized spacial score (nSPS) is 20.8. The Bertz CT molecular complexity index is 1150. The second kappa shape index (κ2) is 9.57. The summed E-state index contributed by atoms with van der Waals surface area (Å²) in [5.74, 6) is 0.118. The van der Waals surface area contributed by atoms with Gasteiger partial charge in [0.25, 0.3) is 0 Å². The molecule has 0 radical (unpaired) electrons. The molecule has 6 nitrogen and oxygen atoms in total. The summed E-state index contributed by atoms with van der Waals surface area (Å²) < 4.78 is 0. The summed E-state index contributed by atoms with van der Waals surface area (Å²) in [7, 11) is 4.20. The van der Waals surface area contributed by atoms with Crippen LogP contribution in [0.3, 0.4) is 0 Å². The molecule has 6 heteroatoms. The molecule has 1 amide bonds. The van der Waals surface area contributed by atoms with Crippen molar-refractivity contribution in [3.05, 3.63) is 71.3 Å². The third-order valence-electron chi connectivity index (χ3n) is 7.35. The first-order valence-corrected chi connectivity index (χ1v) is 12.1. The standard InChI is InChI=1S/C27H33N5O/c1-31-15-7-13-25(31)27(33)30-17-22-21-11-4-3-8-20(21)16-29-23(22)18-32(2)24-12-5-9-19-10-6-14-28-26(19)24/h3-4,6,8,10-11,14,16,24-25H,5,7,9,12-13,15,17-18H2,1-2H3,(H,30,33)/t24-,25-/m0/s1. The first-order valence-electron chi connectivity index (χ1n) is 12.1. The number of fused-ring (bicyclic) bond motifs is 2. The van der Waals surface area contributed by atoms with Crippen molar-refractivity contribution in [2.45, 2.75) is 57.3 Å². The molecular formula is C27H33N5O. The van der Waals surface area contributed by atoms with Crippen molar-refractivity contribution in [2.75, 3.05) is 20.6 Å². The van der Waals surface area contributed by atoms with Gasteiger partial charge in [-0.15, -0.1) is 0 Å². The number of likely N-dealkylation sites (N-methyl/N-ethyl adjacent to an activating group) is 1. The molecule has 3 heterocycles. The van der Waals surface area contributed by atoms with Crippen LogP contribution in [-0.4, -0.2) is 52.4 Å². The molecule has 1 aliphatic carbocycles. The van der Waals surface area contributed by atoms with Gasteiger partial charge in [-0.3, -0.25) is 24.6 Å². The summed E-state index contributed by atoms with van der Waals surface area (Å²) >= 11 is 0. The highest BCUT2D eigenvalue weighted by Gasteiger charge is 2.28. The molecular weight excluding hydrogens is 410 g/mol. The van der Waals surface area contributed by atoms with Gasteiger partial charge < -0.3 is 5.32 Å². The van der Waals surface area contributed by atoms with Crippen molar-refractivity contribution in [2.24, 2.45) is 0 Å². The lowest BCUT2D eigenvalue weighted by Crippen LogP contribution is -2.41. The van der Waals surface area contributed by atoms with Gasteiger partial charge in [0.2, 0.25) is 5.91 Å². The number of nitrogens with one attached hydrogen (secondary N) is 1. The van der Waals surface area contributed by atoms with Crippen molar-refractivity contribution in [1.29, 1.82) is 0 Å². The largest absolute Gasteiger partial charge is 0.351 e. The minimum absolute atomic E-state index is 0.0242. The fourth-order valence-corrected chi connectivity index (χ4v) is 5.49. The van der Waals surface area contributed by atoms with E-state index in [9.17, 15) is 4.79 Å². The van der Waals surface area contributed by atoms with Crippen LogP contribution in [0.25, 0.3) is 10.8 Å². The summed E-state index contributed by atoms with van der Waals surface area (Å²) in [4.78, 5) is 27.0. The van der Waals surface area contributed by atoms with Crippen molar-refractivity contribution < 1.29 is 4.79 Å². The van der Waals surface area contributed by atoms with Crippen LogP contribution in [0.4, 0.5) is 0 Å². The fraction of sp³-hybridized carbons (Fsp3) is 0.444. The first kappa shape index (κ1) is 22.0. The number of likely N-dealkylation sites (tertiary alicyclic amines) is 1. The highest BCUT2D eigenvalue weighted by atomic mass is 16.2. The Balaban J connectivity index is 1.40. The number of carbonyl (C=O) groups excluding carboxylic acids is 1. The predicted molar refractivity (Wildman–Crippen MR) is 131 cm³/mol. The third-order valence-corrected chi connectivity index (χ3v) is 7.35. The number of carbonyl (C=O) groups is 1. The van der Waals surface area contributed by atoms with E-state index in [2.05, 4.69) is 46.4 Å². The Morgan fingerprint density at radius 3 is 2.88 bits per heavy atom. The van der Waals surface area contributed by atoms with E-state index in [4.69, 9.17) is 9.97 Å². The van der Waals surface area contributed by atoms with Crippen LogP contribution in [0.5, 0.6) is 0 Å². The Hall–Kier alpha value is -2.83. The highest BCUT2D eigenvalue weighted by molar-refractivity contribution is 5.87. The van der Waals surface area contributed by atoms with Crippen LogP contribution >= 0.6 is 0 Å². The average Bonchev–Trinajstić information content (AvgIpc) is 3.28.